The average Bonchev–Trinajstić information content (AvgIpc) is 2.26. The van der Waals surface area contributed by atoms with E-state index in [0.717, 1.165) is 11.1 Å². The Morgan fingerprint density at radius 3 is 2.56 bits per heavy atom. The van der Waals surface area contributed by atoms with Gasteiger partial charge in [0.1, 0.15) is 11.9 Å². The minimum absolute atomic E-state index is 0.152. The third-order valence-electron chi connectivity index (χ3n) is 2.14. The highest BCUT2D eigenvalue weighted by Gasteiger charge is 2.18. The maximum atomic E-state index is 11.9. The van der Waals surface area contributed by atoms with Crippen molar-refractivity contribution in [3.63, 3.8) is 0 Å². The summed E-state index contributed by atoms with van der Waals surface area (Å²) in [6, 6.07) is 7.02. The van der Waals surface area contributed by atoms with Crippen LogP contribution in [-0.4, -0.2) is 11.1 Å². The van der Waals surface area contributed by atoms with E-state index in [4.69, 9.17) is 4.74 Å². The zero-order valence-corrected chi connectivity index (χ0v) is 11.5. The minimum Gasteiger partial charge on any atom is -0.408 e. The van der Waals surface area contributed by atoms with Crippen LogP contribution in [0.2, 0.25) is 0 Å². The number of rotatable bonds is 5. The molecule has 96 valence electrons. The smallest absolute Gasteiger partial charge is 0.208 e. The van der Waals surface area contributed by atoms with E-state index in [-0.39, 0.29) is 12.3 Å². The van der Waals surface area contributed by atoms with Gasteiger partial charge >= 0.3 is 0 Å². The SMILES string of the molecule is C=C(C)CP(=O)(O)Cc1ccc(OC#CC)cc1. The van der Waals surface area contributed by atoms with E-state index < -0.39 is 7.37 Å². The molecule has 0 radical (unpaired) electrons. The topological polar surface area (TPSA) is 46.5 Å². The monoisotopic (exact) mass is 264 g/mol. The molecule has 1 aromatic carbocycles. The minimum atomic E-state index is -3.18. The van der Waals surface area contributed by atoms with Gasteiger partial charge in [-0.15, -0.1) is 0 Å². The molecule has 0 aliphatic rings. The molecular formula is C14H17O3P. The predicted octanol–water partition coefficient (Wildman–Crippen LogP) is 3.39. The first-order valence-corrected chi connectivity index (χ1v) is 7.59. The Balaban J connectivity index is 2.70. The molecule has 0 aliphatic carbocycles. The lowest BCUT2D eigenvalue weighted by Gasteiger charge is -2.11. The largest absolute Gasteiger partial charge is 0.408 e. The van der Waals surface area contributed by atoms with Crippen LogP contribution in [0.15, 0.2) is 36.4 Å². The van der Waals surface area contributed by atoms with Gasteiger partial charge in [-0.05, 0) is 24.6 Å². The maximum absolute atomic E-state index is 11.9. The zero-order valence-electron chi connectivity index (χ0n) is 10.6. The highest BCUT2D eigenvalue weighted by molar-refractivity contribution is 7.57. The molecule has 1 N–H and O–H groups in total. The highest BCUT2D eigenvalue weighted by Crippen LogP contribution is 2.45. The van der Waals surface area contributed by atoms with Crippen molar-refractivity contribution >= 4 is 7.37 Å². The summed E-state index contributed by atoms with van der Waals surface area (Å²) in [7, 11) is -3.18. The van der Waals surface area contributed by atoms with Crippen LogP contribution >= 0.6 is 7.37 Å². The van der Waals surface area contributed by atoms with E-state index in [1.165, 1.54) is 0 Å². The molecule has 0 heterocycles. The molecule has 0 bridgehead atoms. The Morgan fingerprint density at radius 1 is 1.44 bits per heavy atom. The Bertz CT molecular complexity index is 520. The fourth-order valence-corrected chi connectivity index (χ4v) is 3.27. The second-order valence-corrected chi connectivity index (χ2v) is 6.54. The first kappa shape index (κ1) is 14.6. The third kappa shape index (κ3) is 5.23. The molecule has 0 saturated heterocycles. The van der Waals surface area contributed by atoms with Gasteiger partial charge in [-0.3, -0.25) is 4.57 Å². The maximum Gasteiger partial charge on any atom is 0.208 e. The summed E-state index contributed by atoms with van der Waals surface area (Å²) in [6.07, 6.45) is 2.80. The Hall–Kier alpha value is -1.49. The number of ether oxygens (including phenoxy) is 1. The Labute approximate surface area is 108 Å². The van der Waals surface area contributed by atoms with Crippen LogP contribution in [-0.2, 0) is 10.7 Å². The second kappa shape index (κ2) is 6.44. The molecule has 0 amide bonds. The molecule has 0 fully saturated rings. The highest BCUT2D eigenvalue weighted by atomic mass is 31.2. The molecular weight excluding hydrogens is 247 g/mol. The molecule has 0 aliphatic heterocycles. The van der Waals surface area contributed by atoms with Gasteiger partial charge in [-0.2, -0.15) is 0 Å². The number of allylic oxidation sites excluding steroid dienone is 1. The summed E-state index contributed by atoms with van der Waals surface area (Å²) in [5.41, 5.74) is 1.53. The van der Waals surface area contributed by atoms with Crippen LogP contribution in [0.5, 0.6) is 5.75 Å². The van der Waals surface area contributed by atoms with Crippen LogP contribution in [0.3, 0.4) is 0 Å². The number of hydrogen-bond acceptors (Lipinski definition) is 2. The van der Waals surface area contributed by atoms with Gasteiger partial charge in [0.25, 0.3) is 0 Å². The van der Waals surface area contributed by atoms with Crippen molar-refractivity contribution in [2.45, 2.75) is 20.0 Å². The molecule has 1 atom stereocenters. The summed E-state index contributed by atoms with van der Waals surface area (Å²) in [4.78, 5) is 9.79. The molecule has 18 heavy (non-hydrogen) atoms. The molecule has 0 spiro atoms. The van der Waals surface area contributed by atoms with Gasteiger partial charge in [0.05, 0.1) is 0 Å². The number of benzene rings is 1. The molecule has 1 aromatic rings. The number of hydrogen-bond donors (Lipinski definition) is 1. The first-order valence-electron chi connectivity index (χ1n) is 5.56. The van der Waals surface area contributed by atoms with Gasteiger partial charge in [0.2, 0.25) is 7.37 Å². The van der Waals surface area contributed by atoms with Gasteiger partial charge in [0.15, 0.2) is 0 Å². The molecule has 3 nitrogen and oxygen atoms in total. The predicted molar refractivity (Wildman–Crippen MR) is 73.7 cm³/mol. The normalized spacial score (nSPS) is 13.1. The molecule has 0 saturated carbocycles. The summed E-state index contributed by atoms with van der Waals surface area (Å²) < 4.78 is 17.0. The summed E-state index contributed by atoms with van der Waals surface area (Å²) in [6.45, 7) is 7.10. The average molecular weight is 264 g/mol. The lowest BCUT2D eigenvalue weighted by molar-refractivity contribution is 0.479. The van der Waals surface area contributed by atoms with Crippen molar-refractivity contribution in [2.24, 2.45) is 0 Å². The fourth-order valence-electron chi connectivity index (χ4n) is 1.54. The lowest BCUT2D eigenvalue weighted by Crippen LogP contribution is -1.94. The van der Waals surface area contributed by atoms with Crippen molar-refractivity contribution in [2.75, 3.05) is 6.16 Å². The van der Waals surface area contributed by atoms with Crippen LogP contribution in [0.25, 0.3) is 0 Å². The van der Waals surface area contributed by atoms with Crippen LogP contribution < -0.4 is 4.74 Å². The second-order valence-electron chi connectivity index (χ2n) is 4.22. The van der Waals surface area contributed by atoms with Gasteiger partial charge in [0, 0.05) is 19.2 Å². The van der Waals surface area contributed by atoms with E-state index >= 15 is 0 Å². The third-order valence-corrected chi connectivity index (χ3v) is 4.03. The van der Waals surface area contributed by atoms with Crippen LogP contribution in [0, 0.1) is 12.0 Å². The van der Waals surface area contributed by atoms with Gasteiger partial charge in [-0.1, -0.05) is 30.2 Å². The molecule has 0 aromatic heterocycles. The standard InChI is InChI=1S/C14H17O3P/c1-4-9-17-14-7-5-13(6-8-14)11-18(15,16)10-12(2)3/h5-8H,2,10-11H2,1,3H3,(H,15,16). The molecule has 1 rings (SSSR count). The van der Waals surface area contributed by atoms with E-state index in [1.807, 2.05) is 0 Å². The van der Waals surface area contributed by atoms with E-state index in [0.29, 0.717) is 5.75 Å². The Kier molecular flexibility index (Phi) is 5.22. The van der Waals surface area contributed by atoms with Crippen LogP contribution in [0.1, 0.15) is 19.4 Å². The van der Waals surface area contributed by atoms with Crippen molar-refractivity contribution in [3.8, 4) is 17.8 Å². The van der Waals surface area contributed by atoms with Crippen molar-refractivity contribution < 1.29 is 14.2 Å². The summed E-state index contributed by atoms with van der Waals surface area (Å²) in [5.74, 6) is 3.25. The van der Waals surface area contributed by atoms with Crippen LogP contribution in [0.4, 0.5) is 0 Å². The van der Waals surface area contributed by atoms with Crippen molar-refractivity contribution in [1.29, 1.82) is 0 Å². The lowest BCUT2D eigenvalue weighted by atomic mass is 10.2. The first-order chi connectivity index (χ1) is 8.43. The van der Waals surface area contributed by atoms with Gasteiger partial charge in [-0.25, -0.2) is 0 Å². The van der Waals surface area contributed by atoms with Gasteiger partial charge < -0.3 is 9.63 Å². The fraction of sp³-hybridized carbons (Fsp3) is 0.286. The van der Waals surface area contributed by atoms with E-state index in [1.54, 1.807) is 38.1 Å². The van der Waals surface area contributed by atoms with E-state index in [2.05, 4.69) is 18.6 Å². The summed E-state index contributed by atoms with van der Waals surface area (Å²) in [5, 5.41) is 0. The van der Waals surface area contributed by atoms with E-state index in [9.17, 15) is 9.46 Å². The molecule has 1 unspecified atom stereocenters. The quantitative estimate of drug-likeness (QED) is 0.503. The zero-order chi connectivity index (χ0) is 13.6. The Morgan fingerprint density at radius 2 is 2.06 bits per heavy atom. The van der Waals surface area contributed by atoms with Crippen molar-refractivity contribution in [3.05, 3.63) is 42.0 Å². The summed E-state index contributed by atoms with van der Waals surface area (Å²) >= 11 is 0. The molecule has 4 heteroatoms. The van der Waals surface area contributed by atoms with Crippen molar-refractivity contribution in [1.82, 2.24) is 0 Å².